The average molecular weight is 476 g/mol. The molecule has 2 aromatic carbocycles. The third kappa shape index (κ3) is 6.47. The van der Waals surface area contributed by atoms with E-state index in [-0.39, 0.29) is 12.5 Å². The van der Waals surface area contributed by atoms with E-state index in [9.17, 15) is 18.0 Å². The standard InChI is InChI=1S/C24H33N3O5S/c1-7-21(24(29)25-4)26(15-19-11-9-12-20(14-19)32-5)23(28)16-27(33(6,30)31)22-13-8-10-17(2)18(22)3/h8-14,21H,7,15-16H2,1-6H3,(H,25,29)/t21-/m1/s1. The van der Waals surface area contributed by atoms with E-state index in [0.717, 1.165) is 27.3 Å². The molecular formula is C24H33N3O5S. The first-order valence-electron chi connectivity index (χ1n) is 10.7. The summed E-state index contributed by atoms with van der Waals surface area (Å²) in [5.41, 5.74) is 2.90. The second-order valence-electron chi connectivity index (χ2n) is 7.90. The highest BCUT2D eigenvalue weighted by Crippen LogP contribution is 2.26. The minimum Gasteiger partial charge on any atom is -0.497 e. The molecule has 2 amide bonds. The Balaban J connectivity index is 2.48. The van der Waals surface area contributed by atoms with Gasteiger partial charge in [0.1, 0.15) is 18.3 Å². The number of ether oxygens (including phenoxy) is 1. The number of rotatable bonds is 10. The molecule has 1 atom stereocenters. The van der Waals surface area contributed by atoms with E-state index in [1.54, 1.807) is 37.4 Å². The molecule has 9 heteroatoms. The van der Waals surface area contributed by atoms with Crippen LogP contribution in [0, 0.1) is 13.8 Å². The lowest BCUT2D eigenvalue weighted by molar-refractivity contribution is -0.140. The Morgan fingerprint density at radius 3 is 2.36 bits per heavy atom. The van der Waals surface area contributed by atoms with E-state index in [0.29, 0.717) is 17.9 Å². The van der Waals surface area contributed by atoms with Crippen LogP contribution in [0.4, 0.5) is 5.69 Å². The lowest BCUT2D eigenvalue weighted by Crippen LogP contribution is -2.51. The fourth-order valence-corrected chi connectivity index (χ4v) is 4.55. The van der Waals surface area contributed by atoms with Crippen LogP contribution in [0.1, 0.15) is 30.0 Å². The molecule has 0 saturated carbocycles. The Morgan fingerprint density at radius 2 is 1.79 bits per heavy atom. The minimum atomic E-state index is -3.76. The van der Waals surface area contributed by atoms with Gasteiger partial charge < -0.3 is 15.0 Å². The zero-order valence-electron chi connectivity index (χ0n) is 20.1. The summed E-state index contributed by atoms with van der Waals surface area (Å²) in [5.74, 6) is -0.160. The number of carbonyl (C=O) groups is 2. The van der Waals surface area contributed by atoms with Crippen molar-refractivity contribution < 1.29 is 22.7 Å². The molecule has 2 rings (SSSR count). The van der Waals surface area contributed by atoms with Crippen LogP contribution < -0.4 is 14.4 Å². The molecule has 180 valence electrons. The van der Waals surface area contributed by atoms with E-state index in [4.69, 9.17) is 4.74 Å². The number of benzene rings is 2. The maximum Gasteiger partial charge on any atom is 0.244 e. The highest BCUT2D eigenvalue weighted by atomic mass is 32.2. The Hall–Kier alpha value is -3.07. The second kappa shape index (κ2) is 11.2. The molecule has 0 heterocycles. The molecule has 0 aliphatic rings. The van der Waals surface area contributed by atoms with Crippen molar-refractivity contribution in [1.82, 2.24) is 10.2 Å². The Bertz CT molecular complexity index is 1100. The van der Waals surface area contributed by atoms with Gasteiger partial charge in [-0.2, -0.15) is 0 Å². The summed E-state index contributed by atoms with van der Waals surface area (Å²) in [4.78, 5) is 27.6. The highest BCUT2D eigenvalue weighted by molar-refractivity contribution is 7.92. The number of carbonyl (C=O) groups excluding carboxylic acids is 2. The predicted molar refractivity (Wildman–Crippen MR) is 130 cm³/mol. The molecule has 0 aliphatic heterocycles. The lowest BCUT2D eigenvalue weighted by Gasteiger charge is -2.33. The van der Waals surface area contributed by atoms with Gasteiger partial charge in [0, 0.05) is 13.6 Å². The highest BCUT2D eigenvalue weighted by Gasteiger charge is 2.31. The van der Waals surface area contributed by atoms with E-state index >= 15 is 0 Å². The number of nitrogens with zero attached hydrogens (tertiary/aromatic N) is 2. The number of hydrogen-bond donors (Lipinski definition) is 1. The second-order valence-corrected chi connectivity index (χ2v) is 9.81. The first-order chi connectivity index (χ1) is 15.5. The third-order valence-corrected chi connectivity index (χ3v) is 6.77. The first kappa shape index (κ1) is 26.2. The predicted octanol–water partition coefficient (Wildman–Crippen LogP) is 2.63. The van der Waals surface area contributed by atoms with Crippen molar-refractivity contribution in [1.29, 1.82) is 0 Å². The van der Waals surface area contributed by atoms with Crippen LogP contribution in [0.2, 0.25) is 0 Å². The summed E-state index contributed by atoms with van der Waals surface area (Å²) in [5, 5.41) is 2.60. The van der Waals surface area contributed by atoms with Crippen LogP contribution in [0.15, 0.2) is 42.5 Å². The first-order valence-corrected chi connectivity index (χ1v) is 12.6. The number of methoxy groups -OCH3 is 1. The van der Waals surface area contributed by atoms with Crippen molar-refractivity contribution in [2.24, 2.45) is 0 Å². The molecule has 0 bridgehead atoms. The van der Waals surface area contributed by atoms with Gasteiger partial charge in [-0.25, -0.2) is 8.42 Å². The Kier molecular flexibility index (Phi) is 8.87. The molecule has 1 N–H and O–H groups in total. The van der Waals surface area contributed by atoms with Crippen molar-refractivity contribution in [3.63, 3.8) is 0 Å². The molecular weight excluding hydrogens is 442 g/mol. The quantitative estimate of drug-likeness (QED) is 0.570. The molecule has 0 fully saturated rings. The van der Waals surface area contributed by atoms with E-state index in [1.807, 2.05) is 32.9 Å². The molecule has 0 aliphatic carbocycles. The summed E-state index contributed by atoms with van der Waals surface area (Å²) < 4.78 is 31.7. The molecule has 0 unspecified atom stereocenters. The Labute approximate surface area is 196 Å². The van der Waals surface area contributed by atoms with Crippen molar-refractivity contribution in [3.8, 4) is 5.75 Å². The number of amides is 2. The van der Waals surface area contributed by atoms with Gasteiger partial charge in [0.05, 0.1) is 19.1 Å². The van der Waals surface area contributed by atoms with Crippen LogP contribution in [-0.2, 0) is 26.2 Å². The van der Waals surface area contributed by atoms with Gasteiger partial charge >= 0.3 is 0 Å². The van der Waals surface area contributed by atoms with Crippen molar-refractivity contribution in [2.45, 2.75) is 39.8 Å². The van der Waals surface area contributed by atoms with Gasteiger partial charge in [0.25, 0.3) is 0 Å². The molecule has 2 aromatic rings. The van der Waals surface area contributed by atoms with Crippen molar-refractivity contribution >= 4 is 27.5 Å². The largest absolute Gasteiger partial charge is 0.497 e. The number of likely N-dealkylation sites (N-methyl/N-ethyl adjacent to an activating group) is 1. The van der Waals surface area contributed by atoms with Crippen LogP contribution >= 0.6 is 0 Å². The zero-order chi connectivity index (χ0) is 24.8. The van der Waals surface area contributed by atoms with Crippen LogP contribution in [0.5, 0.6) is 5.75 Å². The monoisotopic (exact) mass is 475 g/mol. The number of hydrogen-bond acceptors (Lipinski definition) is 5. The van der Waals surface area contributed by atoms with Crippen molar-refractivity contribution in [2.75, 3.05) is 31.3 Å². The smallest absolute Gasteiger partial charge is 0.244 e. The SMILES string of the molecule is CC[C@H](C(=O)NC)N(Cc1cccc(OC)c1)C(=O)CN(c1cccc(C)c1C)S(C)(=O)=O. The van der Waals surface area contributed by atoms with Gasteiger partial charge in [0.2, 0.25) is 21.8 Å². The molecule has 0 radical (unpaired) electrons. The summed E-state index contributed by atoms with van der Waals surface area (Å²) in [6.45, 7) is 5.23. The fourth-order valence-electron chi connectivity index (χ4n) is 3.65. The third-order valence-electron chi connectivity index (χ3n) is 5.64. The minimum absolute atomic E-state index is 0.131. The van der Waals surface area contributed by atoms with Gasteiger partial charge in [-0.05, 0) is 55.2 Å². The van der Waals surface area contributed by atoms with E-state index < -0.39 is 28.5 Å². The molecule has 33 heavy (non-hydrogen) atoms. The van der Waals surface area contributed by atoms with E-state index in [2.05, 4.69) is 5.32 Å². The molecule has 8 nitrogen and oxygen atoms in total. The van der Waals surface area contributed by atoms with Crippen molar-refractivity contribution in [3.05, 3.63) is 59.2 Å². The van der Waals surface area contributed by atoms with Gasteiger partial charge in [0.15, 0.2) is 0 Å². The fraction of sp³-hybridized carbons (Fsp3) is 0.417. The van der Waals surface area contributed by atoms with E-state index in [1.165, 1.54) is 11.9 Å². The topological polar surface area (TPSA) is 96.0 Å². The summed E-state index contributed by atoms with van der Waals surface area (Å²) in [6, 6.07) is 11.8. The molecule has 0 spiro atoms. The number of nitrogens with one attached hydrogen (secondary N) is 1. The number of aryl methyl sites for hydroxylation is 1. The maximum atomic E-state index is 13.6. The number of sulfonamides is 1. The summed E-state index contributed by atoms with van der Waals surface area (Å²) >= 11 is 0. The molecule has 0 saturated heterocycles. The Morgan fingerprint density at radius 1 is 1.12 bits per heavy atom. The van der Waals surface area contributed by atoms with Gasteiger partial charge in [-0.3, -0.25) is 13.9 Å². The van der Waals surface area contributed by atoms with Gasteiger partial charge in [-0.1, -0.05) is 31.2 Å². The molecule has 0 aromatic heterocycles. The average Bonchev–Trinajstić information content (AvgIpc) is 2.78. The zero-order valence-corrected chi connectivity index (χ0v) is 20.9. The summed E-state index contributed by atoms with van der Waals surface area (Å²) in [7, 11) is -0.699. The number of anilines is 1. The maximum absolute atomic E-state index is 13.6. The van der Waals surface area contributed by atoms with Crippen LogP contribution in [0.25, 0.3) is 0 Å². The lowest BCUT2D eigenvalue weighted by atomic mass is 10.1. The van der Waals surface area contributed by atoms with Gasteiger partial charge in [-0.15, -0.1) is 0 Å². The van der Waals surface area contributed by atoms with Crippen LogP contribution in [-0.4, -0.2) is 58.1 Å². The summed E-state index contributed by atoms with van der Waals surface area (Å²) in [6.07, 6.45) is 1.45. The van der Waals surface area contributed by atoms with Crippen LogP contribution in [0.3, 0.4) is 0 Å². The normalized spacial score (nSPS) is 12.1.